The van der Waals surface area contributed by atoms with Gasteiger partial charge in [0, 0.05) is 32.0 Å². The smallest absolute Gasteiger partial charge is 0.239 e. The van der Waals surface area contributed by atoms with Gasteiger partial charge in [0.2, 0.25) is 16.0 Å². The van der Waals surface area contributed by atoms with Crippen molar-refractivity contribution in [2.75, 3.05) is 28.8 Å². The lowest BCUT2D eigenvalue weighted by atomic mass is 10.1. The summed E-state index contributed by atoms with van der Waals surface area (Å²) in [5.41, 5.74) is 1.94. The first kappa shape index (κ1) is 16.8. The van der Waals surface area contributed by atoms with E-state index in [0.29, 0.717) is 25.5 Å². The molecule has 132 valence electrons. The number of anilines is 2. The van der Waals surface area contributed by atoms with Crippen LogP contribution in [0.4, 0.5) is 11.6 Å². The molecular weight excluding hydrogens is 404 g/mol. The Bertz CT molecular complexity index is 872. The number of piperidine rings is 1. The summed E-state index contributed by atoms with van der Waals surface area (Å²) in [6, 6.07) is 7.77. The summed E-state index contributed by atoms with van der Waals surface area (Å²) >= 11 is 3.33. The zero-order valence-electron chi connectivity index (χ0n) is 13.7. The minimum atomic E-state index is -3.40. The quantitative estimate of drug-likeness (QED) is 0.760. The predicted octanol–water partition coefficient (Wildman–Crippen LogP) is 2.60. The van der Waals surface area contributed by atoms with Gasteiger partial charge in [-0.05, 0) is 46.8 Å². The number of fused-ring (bicyclic) bond motifs is 1. The van der Waals surface area contributed by atoms with Crippen molar-refractivity contribution < 1.29 is 8.42 Å². The summed E-state index contributed by atoms with van der Waals surface area (Å²) in [6.45, 7) is 1.75. The molecule has 0 radical (unpaired) electrons. The topological polar surface area (TPSA) is 66.4 Å². The van der Waals surface area contributed by atoms with E-state index >= 15 is 0 Å². The molecule has 1 fully saturated rings. The normalized spacial score (nSPS) is 20.6. The van der Waals surface area contributed by atoms with Crippen LogP contribution in [0.2, 0.25) is 0 Å². The van der Waals surface area contributed by atoms with E-state index in [9.17, 15) is 8.42 Å². The van der Waals surface area contributed by atoms with Gasteiger partial charge in [0.25, 0.3) is 0 Å². The molecule has 2 aliphatic rings. The minimum Gasteiger partial charge on any atom is -0.339 e. The van der Waals surface area contributed by atoms with E-state index in [4.69, 9.17) is 0 Å². The maximum absolute atomic E-state index is 13.2. The molecule has 0 saturated carbocycles. The molecule has 1 aromatic carbocycles. The lowest BCUT2D eigenvalue weighted by Crippen LogP contribution is -2.48. The molecule has 0 amide bonds. The third-order valence-electron chi connectivity index (χ3n) is 4.84. The number of halogens is 1. The first-order valence-corrected chi connectivity index (χ1v) is 10.7. The first-order valence-electron chi connectivity index (χ1n) is 8.37. The molecule has 1 unspecified atom stereocenters. The Labute approximate surface area is 156 Å². The van der Waals surface area contributed by atoms with Crippen LogP contribution >= 0.6 is 15.9 Å². The van der Waals surface area contributed by atoms with Gasteiger partial charge < -0.3 is 4.90 Å². The van der Waals surface area contributed by atoms with Gasteiger partial charge in [-0.1, -0.05) is 18.2 Å². The van der Waals surface area contributed by atoms with Crippen LogP contribution in [0.1, 0.15) is 18.4 Å². The van der Waals surface area contributed by atoms with Crippen LogP contribution in [0, 0.1) is 0 Å². The largest absolute Gasteiger partial charge is 0.339 e. The van der Waals surface area contributed by atoms with E-state index in [1.807, 2.05) is 29.2 Å². The van der Waals surface area contributed by atoms with Crippen molar-refractivity contribution in [2.45, 2.75) is 24.5 Å². The zero-order chi connectivity index (χ0) is 17.4. The summed E-state index contributed by atoms with van der Waals surface area (Å²) in [5, 5.41) is -0.431. The molecule has 0 N–H and O–H groups in total. The number of aromatic nitrogens is 2. The summed E-state index contributed by atoms with van der Waals surface area (Å²) in [7, 11) is -3.40. The van der Waals surface area contributed by atoms with E-state index in [0.717, 1.165) is 35.1 Å². The fourth-order valence-corrected chi connectivity index (χ4v) is 5.78. The molecule has 0 aliphatic carbocycles. The molecule has 2 aliphatic heterocycles. The molecule has 4 rings (SSSR count). The Morgan fingerprint density at radius 1 is 1.12 bits per heavy atom. The van der Waals surface area contributed by atoms with E-state index in [1.54, 1.807) is 16.7 Å². The lowest BCUT2D eigenvalue weighted by Gasteiger charge is -2.34. The van der Waals surface area contributed by atoms with Gasteiger partial charge in [-0.3, -0.25) is 4.31 Å². The summed E-state index contributed by atoms with van der Waals surface area (Å²) < 4.78 is 28.9. The zero-order valence-corrected chi connectivity index (χ0v) is 16.1. The standard InChI is InChI=1S/C17H19BrN4O2S/c18-14-10-19-17(20-11-14)21-8-3-5-15(12-21)25(23,24)22-9-7-13-4-1-2-6-16(13)22/h1-2,4,6,10-11,15H,3,5,7-9,12H2. The van der Waals surface area contributed by atoms with Crippen LogP contribution in [0.25, 0.3) is 0 Å². The van der Waals surface area contributed by atoms with E-state index in [1.165, 1.54) is 0 Å². The number of rotatable bonds is 3. The van der Waals surface area contributed by atoms with Crippen LogP contribution < -0.4 is 9.21 Å². The molecule has 1 saturated heterocycles. The number of hydrogen-bond donors (Lipinski definition) is 0. The van der Waals surface area contributed by atoms with Crippen LogP contribution in [-0.4, -0.2) is 43.3 Å². The average Bonchev–Trinajstić information content (AvgIpc) is 3.07. The highest BCUT2D eigenvalue weighted by Gasteiger charge is 2.38. The van der Waals surface area contributed by atoms with Gasteiger partial charge in [-0.25, -0.2) is 18.4 Å². The van der Waals surface area contributed by atoms with E-state index < -0.39 is 15.3 Å². The summed E-state index contributed by atoms with van der Waals surface area (Å²) in [6.07, 6.45) is 5.66. The minimum absolute atomic E-state index is 0.431. The second kappa shape index (κ2) is 6.57. The molecular formula is C17H19BrN4O2S. The second-order valence-corrected chi connectivity index (χ2v) is 9.46. The van der Waals surface area contributed by atoms with Crippen molar-refractivity contribution in [2.24, 2.45) is 0 Å². The van der Waals surface area contributed by atoms with Crippen molar-refractivity contribution in [3.63, 3.8) is 0 Å². The van der Waals surface area contributed by atoms with Gasteiger partial charge in [-0.2, -0.15) is 0 Å². The number of nitrogens with zero attached hydrogens (tertiary/aromatic N) is 4. The van der Waals surface area contributed by atoms with Crippen LogP contribution in [0.3, 0.4) is 0 Å². The SMILES string of the molecule is O=S(=O)(C1CCCN(c2ncc(Br)cn2)C1)N1CCc2ccccc21. The summed E-state index contributed by atoms with van der Waals surface area (Å²) in [4.78, 5) is 10.6. The molecule has 8 heteroatoms. The predicted molar refractivity (Wildman–Crippen MR) is 101 cm³/mol. The van der Waals surface area contributed by atoms with Crippen molar-refractivity contribution >= 4 is 37.6 Å². The van der Waals surface area contributed by atoms with Crippen LogP contribution in [-0.2, 0) is 16.4 Å². The molecule has 3 heterocycles. The van der Waals surface area contributed by atoms with Gasteiger partial charge in [-0.15, -0.1) is 0 Å². The van der Waals surface area contributed by atoms with E-state index in [-0.39, 0.29) is 0 Å². The summed E-state index contributed by atoms with van der Waals surface area (Å²) in [5.74, 6) is 0.588. The van der Waals surface area contributed by atoms with Crippen molar-refractivity contribution in [3.8, 4) is 0 Å². The Morgan fingerprint density at radius 2 is 1.88 bits per heavy atom. The second-order valence-electron chi connectivity index (χ2n) is 6.41. The average molecular weight is 423 g/mol. The van der Waals surface area contributed by atoms with Crippen molar-refractivity contribution in [1.29, 1.82) is 0 Å². The molecule has 6 nitrogen and oxygen atoms in total. The fraction of sp³-hybridized carbons (Fsp3) is 0.412. The Balaban J connectivity index is 1.57. The highest BCUT2D eigenvalue weighted by Crippen LogP contribution is 2.33. The van der Waals surface area contributed by atoms with Crippen molar-refractivity contribution in [1.82, 2.24) is 9.97 Å². The van der Waals surface area contributed by atoms with Gasteiger partial charge in [0.05, 0.1) is 15.4 Å². The molecule has 1 aromatic heterocycles. The maximum Gasteiger partial charge on any atom is 0.239 e. The monoisotopic (exact) mass is 422 g/mol. The van der Waals surface area contributed by atoms with Gasteiger partial charge in [0.1, 0.15) is 0 Å². The lowest BCUT2D eigenvalue weighted by molar-refractivity contribution is 0.525. The van der Waals surface area contributed by atoms with Gasteiger partial charge in [0.15, 0.2) is 0 Å². The van der Waals surface area contributed by atoms with Gasteiger partial charge >= 0.3 is 0 Å². The first-order chi connectivity index (χ1) is 12.1. The Kier molecular flexibility index (Phi) is 4.41. The van der Waals surface area contributed by atoms with E-state index in [2.05, 4.69) is 25.9 Å². The number of hydrogen-bond acceptors (Lipinski definition) is 5. The molecule has 2 aromatic rings. The molecule has 1 atom stereocenters. The maximum atomic E-state index is 13.2. The Hall–Kier alpha value is -1.67. The highest BCUT2D eigenvalue weighted by atomic mass is 79.9. The van der Waals surface area contributed by atoms with Crippen LogP contribution in [0.15, 0.2) is 41.1 Å². The Morgan fingerprint density at radius 3 is 2.68 bits per heavy atom. The number of benzene rings is 1. The number of sulfonamides is 1. The highest BCUT2D eigenvalue weighted by molar-refractivity contribution is 9.10. The molecule has 25 heavy (non-hydrogen) atoms. The van der Waals surface area contributed by atoms with Crippen molar-refractivity contribution in [3.05, 3.63) is 46.7 Å². The molecule has 0 spiro atoms. The third-order valence-corrected chi connectivity index (χ3v) is 7.47. The van der Waals surface area contributed by atoms with Crippen LogP contribution in [0.5, 0.6) is 0 Å². The number of para-hydroxylation sites is 1. The third kappa shape index (κ3) is 3.13. The molecule has 0 bridgehead atoms. The fourth-order valence-electron chi connectivity index (χ4n) is 3.58.